The number of aliphatic hydroxyl groups excluding tert-OH is 2. The maximum Gasteiger partial charge on any atom is 0.305 e. The lowest BCUT2D eigenvalue weighted by Gasteiger charge is -2.20. The molecule has 0 spiro atoms. The molecule has 0 bridgehead atoms. The van der Waals surface area contributed by atoms with Crippen molar-refractivity contribution < 1.29 is 24.5 Å². The van der Waals surface area contributed by atoms with Gasteiger partial charge >= 0.3 is 5.97 Å². The third-order valence-electron chi connectivity index (χ3n) is 14.1. The molecule has 0 aliphatic heterocycles. The number of unbranched alkanes of at least 4 members (excludes halogenated alkanes) is 40. The van der Waals surface area contributed by atoms with Gasteiger partial charge in [0.1, 0.15) is 0 Å². The number of esters is 1. The fourth-order valence-corrected chi connectivity index (χ4v) is 9.31. The molecular formula is C64H119NO5. The van der Waals surface area contributed by atoms with Crippen LogP contribution in [0.4, 0.5) is 0 Å². The zero-order chi connectivity index (χ0) is 50.7. The molecule has 0 rings (SSSR count). The van der Waals surface area contributed by atoms with Gasteiger partial charge in [-0.1, -0.05) is 268 Å². The number of aliphatic hydroxyl groups is 2. The number of ether oxygens (including phenoxy) is 1. The van der Waals surface area contributed by atoms with Crippen molar-refractivity contribution in [2.24, 2.45) is 0 Å². The van der Waals surface area contributed by atoms with Crippen LogP contribution < -0.4 is 5.32 Å². The molecule has 6 heteroatoms. The fourth-order valence-electron chi connectivity index (χ4n) is 9.31. The van der Waals surface area contributed by atoms with Crippen LogP contribution in [-0.4, -0.2) is 47.4 Å². The molecule has 2 atom stereocenters. The minimum atomic E-state index is -0.846. The molecule has 70 heavy (non-hydrogen) atoms. The molecule has 6 nitrogen and oxygen atoms in total. The van der Waals surface area contributed by atoms with Crippen molar-refractivity contribution in [1.29, 1.82) is 0 Å². The first-order valence-corrected chi connectivity index (χ1v) is 30.9. The molecular weight excluding hydrogens is 863 g/mol. The predicted octanol–water partition coefficient (Wildman–Crippen LogP) is 19.4. The number of nitrogens with one attached hydrogen (secondary N) is 1. The highest BCUT2D eigenvalue weighted by atomic mass is 16.5. The van der Waals surface area contributed by atoms with Gasteiger partial charge in [0, 0.05) is 12.8 Å². The Morgan fingerprint density at radius 3 is 1.10 bits per heavy atom. The SMILES string of the molecule is CCCCCCCC/C=C\CCCCCCCC(=O)OCCCCCCCCCCC/C=C\C/C=C\CCCCCCCCCCCCCC(=O)NC(CO)C(O)/C=C/CCCCCCCCCCC. The third-order valence-corrected chi connectivity index (χ3v) is 14.1. The first-order chi connectivity index (χ1) is 34.5. The quantitative estimate of drug-likeness (QED) is 0.0321. The second kappa shape index (κ2) is 59.4. The fraction of sp³-hybridized carbons (Fsp3) is 0.844. The van der Waals surface area contributed by atoms with Crippen LogP contribution in [0.3, 0.4) is 0 Å². The minimum absolute atomic E-state index is 0.00189. The van der Waals surface area contributed by atoms with Gasteiger partial charge in [0.15, 0.2) is 0 Å². The van der Waals surface area contributed by atoms with E-state index < -0.39 is 12.1 Å². The highest BCUT2D eigenvalue weighted by Crippen LogP contribution is 2.16. The number of hydrogen-bond acceptors (Lipinski definition) is 5. The van der Waals surface area contributed by atoms with Crippen molar-refractivity contribution in [1.82, 2.24) is 5.32 Å². The second-order valence-electron chi connectivity index (χ2n) is 21.0. The van der Waals surface area contributed by atoms with E-state index in [2.05, 4.69) is 55.6 Å². The molecule has 0 saturated carbocycles. The molecule has 3 N–H and O–H groups in total. The summed E-state index contributed by atoms with van der Waals surface area (Å²) < 4.78 is 5.48. The number of rotatable bonds is 57. The average Bonchev–Trinajstić information content (AvgIpc) is 3.36. The van der Waals surface area contributed by atoms with Crippen LogP contribution in [0.25, 0.3) is 0 Å². The number of carbonyl (C=O) groups excluding carboxylic acids is 2. The molecule has 0 radical (unpaired) electrons. The number of allylic oxidation sites excluding steroid dienone is 7. The van der Waals surface area contributed by atoms with Gasteiger partial charge in [-0.25, -0.2) is 0 Å². The Kier molecular flexibility index (Phi) is 57.5. The molecule has 0 aliphatic rings. The monoisotopic (exact) mass is 982 g/mol. The van der Waals surface area contributed by atoms with Crippen LogP contribution in [0.2, 0.25) is 0 Å². The van der Waals surface area contributed by atoms with Crippen molar-refractivity contribution in [3.8, 4) is 0 Å². The summed E-state index contributed by atoms with van der Waals surface area (Å²) in [5.41, 5.74) is 0. The molecule has 410 valence electrons. The summed E-state index contributed by atoms with van der Waals surface area (Å²) in [5.74, 6) is -0.0707. The predicted molar refractivity (Wildman–Crippen MR) is 306 cm³/mol. The first kappa shape index (κ1) is 67.8. The lowest BCUT2D eigenvalue weighted by atomic mass is 10.0. The molecule has 0 heterocycles. The highest BCUT2D eigenvalue weighted by Gasteiger charge is 2.18. The van der Waals surface area contributed by atoms with Crippen LogP contribution in [0.15, 0.2) is 48.6 Å². The van der Waals surface area contributed by atoms with E-state index in [0.29, 0.717) is 19.4 Å². The van der Waals surface area contributed by atoms with Gasteiger partial charge in [-0.3, -0.25) is 9.59 Å². The van der Waals surface area contributed by atoms with Crippen LogP contribution in [0.5, 0.6) is 0 Å². The molecule has 0 aromatic carbocycles. The first-order valence-electron chi connectivity index (χ1n) is 30.9. The Morgan fingerprint density at radius 2 is 0.714 bits per heavy atom. The summed E-state index contributed by atoms with van der Waals surface area (Å²) >= 11 is 0. The van der Waals surface area contributed by atoms with Gasteiger partial charge in [0.05, 0.1) is 25.4 Å². The smallest absolute Gasteiger partial charge is 0.305 e. The number of carbonyl (C=O) groups is 2. The lowest BCUT2D eigenvalue weighted by Crippen LogP contribution is -2.45. The summed E-state index contributed by atoms with van der Waals surface area (Å²) in [6.45, 7) is 4.88. The maximum absolute atomic E-state index is 12.4. The average molecular weight is 983 g/mol. The van der Waals surface area contributed by atoms with Gasteiger partial charge < -0.3 is 20.3 Å². The Hall–Kier alpha value is -2.18. The Labute approximate surface area is 436 Å². The highest BCUT2D eigenvalue weighted by molar-refractivity contribution is 5.76. The van der Waals surface area contributed by atoms with Crippen LogP contribution in [0.1, 0.15) is 322 Å². The van der Waals surface area contributed by atoms with Gasteiger partial charge in [-0.2, -0.15) is 0 Å². The summed E-state index contributed by atoms with van der Waals surface area (Å²) in [7, 11) is 0. The summed E-state index contributed by atoms with van der Waals surface area (Å²) in [5, 5.41) is 23.0. The number of amides is 1. The maximum atomic E-state index is 12.4. The lowest BCUT2D eigenvalue weighted by molar-refractivity contribution is -0.143. The van der Waals surface area contributed by atoms with E-state index in [0.717, 1.165) is 51.4 Å². The van der Waals surface area contributed by atoms with E-state index in [9.17, 15) is 19.8 Å². The van der Waals surface area contributed by atoms with Gasteiger partial charge in [0.25, 0.3) is 0 Å². The Bertz CT molecular complexity index is 1180. The normalized spacial score (nSPS) is 12.9. The molecule has 0 aromatic heterocycles. The van der Waals surface area contributed by atoms with Crippen molar-refractivity contribution >= 4 is 11.9 Å². The Morgan fingerprint density at radius 1 is 0.400 bits per heavy atom. The summed E-state index contributed by atoms with van der Waals surface area (Å²) in [4.78, 5) is 24.5. The molecule has 0 aliphatic carbocycles. The molecule has 0 saturated heterocycles. The van der Waals surface area contributed by atoms with Crippen molar-refractivity contribution in [2.75, 3.05) is 13.2 Å². The second-order valence-corrected chi connectivity index (χ2v) is 21.0. The van der Waals surface area contributed by atoms with Crippen molar-refractivity contribution in [3.63, 3.8) is 0 Å². The third kappa shape index (κ3) is 55.1. The molecule has 1 amide bonds. The van der Waals surface area contributed by atoms with E-state index >= 15 is 0 Å². The van der Waals surface area contributed by atoms with E-state index in [4.69, 9.17) is 4.74 Å². The molecule has 2 unspecified atom stereocenters. The van der Waals surface area contributed by atoms with E-state index in [1.165, 1.54) is 244 Å². The van der Waals surface area contributed by atoms with Gasteiger partial charge in [-0.05, 0) is 89.9 Å². The van der Waals surface area contributed by atoms with E-state index in [1.54, 1.807) is 6.08 Å². The van der Waals surface area contributed by atoms with Gasteiger partial charge in [0.2, 0.25) is 5.91 Å². The summed E-state index contributed by atoms with van der Waals surface area (Å²) in [6.07, 6.45) is 75.9. The standard InChI is InChI=1S/C64H119NO5/c1-3-5-7-9-11-13-15-16-30-34-38-42-46-50-54-58-64(69)70-59-55-51-47-43-39-35-32-29-27-25-23-21-19-17-18-20-22-24-26-28-31-33-37-41-45-49-53-57-63(68)65-61(60-66)62(67)56-52-48-44-40-36-14-12-10-8-6-4-2/h16-18,21,23,30,52,56,61-62,66-67H,3-15,19-20,22,24-29,31-51,53-55,57-60H2,1-2H3,(H,65,68)/b18-17-,23-21-,30-16-,56-52+. The topological polar surface area (TPSA) is 95.9 Å². The largest absolute Gasteiger partial charge is 0.466 e. The molecule has 0 aromatic rings. The van der Waals surface area contributed by atoms with Gasteiger partial charge in [-0.15, -0.1) is 0 Å². The zero-order valence-corrected chi connectivity index (χ0v) is 46.7. The van der Waals surface area contributed by atoms with E-state index in [1.807, 2.05) is 6.08 Å². The van der Waals surface area contributed by atoms with E-state index in [-0.39, 0.29) is 18.5 Å². The van der Waals surface area contributed by atoms with Crippen LogP contribution in [-0.2, 0) is 14.3 Å². The van der Waals surface area contributed by atoms with Crippen molar-refractivity contribution in [3.05, 3.63) is 48.6 Å². The summed E-state index contributed by atoms with van der Waals surface area (Å²) in [6, 6.07) is -0.629. The number of hydrogen-bond donors (Lipinski definition) is 3. The van der Waals surface area contributed by atoms with Crippen LogP contribution >= 0.6 is 0 Å². The molecule has 0 fully saturated rings. The van der Waals surface area contributed by atoms with Crippen LogP contribution in [0, 0.1) is 0 Å². The van der Waals surface area contributed by atoms with Crippen molar-refractivity contribution in [2.45, 2.75) is 334 Å². The minimum Gasteiger partial charge on any atom is -0.466 e. The Balaban J connectivity index is 3.42. The zero-order valence-electron chi connectivity index (χ0n) is 46.7.